The van der Waals surface area contributed by atoms with Crippen molar-refractivity contribution in [1.29, 1.82) is 0 Å². The molecule has 2 N–H and O–H groups in total. The molecule has 0 fully saturated rings. The number of quaternary nitrogens is 1. The number of hydrogen-bond donors (Lipinski definition) is 1. The Balaban J connectivity index is 2.30. The second kappa shape index (κ2) is 2.20. The second-order valence-corrected chi connectivity index (χ2v) is 3.10. The van der Waals surface area contributed by atoms with Crippen LogP contribution in [0, 0.1) is 5.92 Å². The number of rotatable bonds is 0. The smallest absolute Gasteiger partial charge is 0.128 e. The quantitative estimate of drug-likeness (QED) is 0.497. The van der Waals surface area contributed by atoms with Gasteiger partial charge in [-0.05, 0) is 6.42 Å². The Bertz CT molecular complexity index is 203. The summed E-state index contributed by atoms with van der Waals surface area (Å²) in [7, 11) is 0. The molecule has 0 aromatic carbocycles. The van der Waals surface area contributed by atoms with E-state index in [4.69, 9.17) is 0 Å². The van der Waals surface area contributed by atoms with E-state index in [2.05, 4.69) is 17.2 Å². The molecule has 1 aliphatic carbocycles. The molecule has 0 saturated heterocycles. The summed E-state index contributed by atoms with van der Waals surface area (Å²) in [6, 6.07) is 0. The summed E-state index contributed by atoms with van der Waals surface area (Å²) < 4.78 is 0. The second-order valence-electron chi connectivity index (χ2n) is 3.10. The zero-order valence-electron chi connectivity index (χ0n) is 6.30. The van der Waals surface area contributed by atoms with Gasteiger partial charge in [-0.15, -0.1) is 0 Å². The molecule has 1 aliphatic heterocycles. The Kier molecular flexibility index (Phi) is 1.34. The van der Waals surface area contributed by atoms with Gasteiger partial charge in [0.25, 0.3) is 0 Å². The van der Waals surface area contributed by atoms with Gasteiger partial charge in [0.15, 0.2) is 0 Å². The molecule has 1 atom stereocenters. The highest BCUT2D eigenvalue weighted by Gasteiger charge is 2.25. The molecule has 2 nitrogen and oxygen atoms in total. The standard InChI is InChI=1S/C8H12N2/c1-6-2-3-7-8(6)10-5-4-9-7/h5-6,9H,2-4H2,1H3/p+1/t6-/m0/s1. The number of aliphatic imine (C=N–C) groups is 1. The summed E-state index contributed by atoms with van der Waals surface area (Å²) in [5.41, 5.74) is 2.86. The normalized spacial score (nSPS) is 31.1. The monoisotopic (exact) mass is 137 g/mol. The minimum absolute atomic E-state index is 0.711. The molecular formula is C8H13N2+. The molecule has 0 radical (unpaired) electrons. The van der Waals surface area contributed by atoms with Crippen LogP contribution in [-0.4, -0.2) is 12.8 Å². The van der Waals surface area contributed by atoms with Crippen LogP contribution in [0.3, 0.4) is 0 Å². The minimum atomic E-state index is 0.711. The summed E-state index contributed by atoms with van der Waals surface area (Å²) in [5.74, 6) is 0.711. The van der Waals surface area contributed by atoms with Gasteiger partial charge in [-0.25, -0.2) is 0 Å². The molecule has 0 unspecified atom stereocenters. The molecule has 0 spiro atoms. The van der Waals surface area contributed by atoms with Crippen LogP contribution >= 0.6 is 0 Å². The van der Waals surface area contributed by atoms with Gasteiger partial charge in [-0.3, -0.25) is 4.99 Å². The number of nitrogens with two attached hydrogens (primary N) is 1. The van der Waals surface area contributed by atoms with E-state index >= 15 is 0 Å². The Labute approximate surface area is 61.0 Å². The maximum atomic E-state index is 4.40. The van der Waals surface area contributed by atoms with E-state index in [-0.39, 0.29) is 0 Å². The van der Waals surface area contributed by atoms with E-state index in [1.807, 2.05) is 6.21 Å². The first-order valence-corrected chi connectivity index (χ1v) is 3.96. The molecule has 0 aromatic rings. The van der Waals surface area contributed by atoms with Gasteiger partial charge in [0.2, 0.25) is 0 Å². The lowest BCUT2D eigenvalue weighted by molar-refractivity contribution is -0.594. The van der Waals surface area contributed by atoms with Gasteiger partial charge in [-0.1, -0.05) is 6.92 Å². The topological polar surface area (TPSA) is 29.0 Å². The summed E-state index contributed by atoms with van der Waals surface area (Å²) in [5, 5.41) is 2.31. The van der Waals surface area contributed by atoms with Crippen molar-refractivity contribution in [1.82, 2.24) is 0 Å². The molecule has 54 valence electrons. The zero-order valence-corrected chi connectivity index (χ0v) is 6.30. The highest BCUT2D eigenvalue weighted by molar-refractivity contribution is 5.61. The largest absolute Gasteiger partial charge is 0.311 e. The van der Waals surface area contributed by atoms with Crippen molar-refractivity contribution in [3.05, 3.63) is 11.4 Å². The maximum Gasteiger partial charge on any atom is 0.128 e. The SMILES string of the molecule is C[C@H]1CCC2=C1N=CC[NH2+]2. The lowest BCUT2D eigenvalue weighted by atomic mass is 10.1. The van der Waals surface area contributed by atoms with Crippen molar-refractivity contribution in [2.75, 3.05) is 6.54 Å². The summed E-state index contributed by atoms with van der Waals surface area (Å²) >= 11 is 0. The molecule has 0 amide bonds. The average molecular weight is 137 g/mol. The Hall–Kier alpha value is -0.630. The van der Waals surface area contributed by atoms with Gasteiger partial charge in [0, 0.05) is 12.3 Å². The predicted molar refractivity (Wildman–Crippen MR) is 40.7 cm³/mol. The molecule has 0 saturated carbocycles. The van der Waals surface area contributed by atoms with Gasteiger partial charge in [0.05, 0.1) is 11.9 Å². The Morgan fingerprint density at radius 3 is 3.40 bits per heavy atom. The maximum absolute atomic E-state index is 4.40. The van der Waals surface area contributed by atoms with E-state index in [0.29, 0.717) is 5.92 Å². The first-order valence-electron chi connectivity index (χ1n) is 3.96. The van der Waals surface area contributed by atoms with Crippen LogP contribution in [0.15, 0.2) is 16.4 Å². The molecule has 2 rings (SSSR count). The van der Waals surface area contributed by atoms with E-state index in [1.54, 1.807) is 0 Å². The van der Waals surface area contributed by atoms with Gasteiger partial charge < -0.3 is 5.32 Å². The number of hydrogen-bond acceptors (Lipinski definition) is 1. The molecule has 0 aromatic heterocycles. The fourth-order valence-electron chi connectivity index (χ4n) is 1.72. The Morgan fingerprint density at radius 1 is 1.70 bits per heavy atom. The van der Waals surface area contributed by atoms with Crippen molar-refractivity contribution in [3.63, 3.8) is 0 Å². The molecular weight excluding hydrogens is 124 g/mol. The van der Waals surface area contributed by atoms with Crippen molar-refractivity contribution in [3.8, 4) is 0 Å². The third-order valence-electron chi connectivity index (χ3n) is 2.34. The lowest BCUT2D eigenvalue weighted by Gasteiger charge is -2.06. The lowest BCUT2D eigenvalue weighted by Crippen LogP contribution is -2.83. The number of allylic oxidation sites excluding steroid dienone is 2. The van der Waals surface area contributed by atoms with E-state index in [0.717, 1.165) is 6.54 Å². The summed E-state index contributed by atoms with van der Waals surface area (Å²) in [4.78, 5) is 4.40. The minimum Gasteiger partial charge on any atom is -0.311 e. The van der Waals surface area contributed by atoms with Crippen LogP contribution in [0.5, 0.6) is 0 Å². The molecule has 2 heteroatoms. The van der Waals surface area contributed by atoms with Crippen molar-refractivity contribution >= 4 is 6.21 Å². The first-order chi connectivity index (χ1) is 4.88. The number of nitrogens with zero attached hydrogens (tertiary/aromatic N) is 1. The fraction of sp³-hybridized carbons (Fsp3) is 0.625. The van der Waals surface area contributed by atoms with Crippen molar-refractivity contribution < 1.29 is 5.32 Å². The highest BCUT2D eigenvalue weighted by Crippen LogP contribution is 2.29. The third-order valence-corrected chi connectivity index (χ3v) is 2.34. The van der Waals surface area contributed by atoms with Crippen LogP contribution in [0.25, 0.3) is 0 Å². The molecule has 2 aliphatic rings. The average Bonchev–Trinajstić information content (AvgIpc) is 2.34. The van der Waals surface area contributed by atoms with Crippen LogP contribution < -0.4 is 5.32 Å². The summed E-state index contributed by atoms with van der Waals surface area (Å²) in [6.45, 7) is 3.31. The highest BCUT2D eigenvalue weighted by atomic mass is 15.0. The third kappa shape index (κ3) is 0.797. The van der Waals surface area contributed by atoms with E-state index < -0.39 is 0 Å². The van der Waals surface area contributed by atoms with Gasteiger partial charge in [-0.2, -0.15) is 0 Å². The Morgan fingerprint density at radius 2 is 2.60 bits per heavy atom. The molecule has 10 heavy (non-hydrogen) atoms. The van der Waals surface area contributed by atoms with E-state index in [9.17, 15) is 0 Å². The molecule has 1 heterocycles. The van der Waals surface area contributed by atoms with Crippen LogP contribution in [0.2, 0.25) is 0 Å². The fourth-order valence-corrected chi connectivity index (χ4v) is 1.72. The predicted octanol–water partition coefficient (Wildman–Crippen LogP) is 0.276. The van der Waals surface area contributed by atoms with Gasteiger partial charge in [0.1, 0.15) is 12.2 Å². The van der Waals surface area contributed by atoms with Gasteiger partial charge >= 0.3 is 0 Å². The van der Waals surface area contributed by atoms with Crippen molar-refractivity contribution in [2.45, 2.75) is 19.8 Å². The zero-order chi connectivity index (χ0) is 6.97. The first kappa shape index (κ1) is 6.10. The van der Waals surface area contributed by atoms with Crippen LogP contribution in [0.4, 0.5) is 0 Å². The van der Waals surface area contributed by atoms with Crippen LogP contribution in [-0.2, 0) is 0 Å². The van der Waals surface area contributed by atoms with E-state index in [1.165, 1.54) is 24.2 Å². The van der Waals surface area contributed by atoms with Crippen molar-refractivity contribution in [2.24, 2.45) is 10.9 Å². The molecule has 0 bridgehead atoms. The van der Waals surface area contributed by atoms with Crippen LogP contribution in [0.1, 0.15) is 19.8 Å². The summed E-state index contributed by atoms with van der Waals surface area (Å²) in [6.07, 6.45) is 4.58.